The minimum Gasteiger partial charge on any atom is -0.497 e. The van der Waals surface area contributed by atoms with E-state index in [4.69, 9.17) is 27.8 Å². The normalized spacial score (nSPS) is 12.4. The van der Waals surface area contributed by atoms with Crippen LogP contribution in [0.1, 0.15) is 79.0 Å². The molecule has 7 heteroatoms. The molecule has 52 heavy (non-hydrogen) atoms. The molecule has 0 aliphatic rings. The number of ether oxygens (including phenoxy) is 3. The van der Waals surface area contributed by atoms with Crippen LogP contribution in [0.15, 0.2) is 91.0 Å². The summed E-state index contributed by atoms with van der Waals surface area (Å²) in [6.45, 7) is 19.7. The SMILES string of the molecule is COc1ccc2cc(OP(Oc3cc4ccc(OC)cc4cc3C(C)(C)C)Oc3cc4ccc(OC)cc4cc3C(C)(C)C)c(C(C)(C)C)cc2c1. The Hall–Kier alpha value is -4.67. The Kier molecular flexibility index (Phi) is 10.0. The van der Waals surface area contributed by atoms with E-state index in [1.54, 1.807) is 21.3 Å². The van der Waals surface area contributed by atoms with Crippen LogP contribution in [-0.2, 0) is 16.2 Å². The highest BCUT2D eigenvalue weighted by Crippen LogP contribution is 2.51. The molecule has 0 amide bonds. The molecule has 0 atom stereocenters. The summed E-state index contributed by atoms with van der Waals surface area (Å²) < 4.78 is 37.8. The summed E-state index contributed by atoms with van der Waals surface area (Å²) >= 11 is 0. The zero-order valence-corrected chi connectivity index (χ0v) is 33.5. The van der Waals surface area contributed by atoms with E-state index in [1.807, 2.05) is 18.2 Å². The second-order valence-corrected chi connectivity index (χ2v) is 17.4. The van der Waals surface area contributed by atoms with Gasteiger partial charge in [-0.25, -0.2) is 0 Å². The van der Waals surface area contributed by atoms with Crippen LogP contribution in [0.3, 0.4) is 0 Å². The fraction of sp³-hybridized carbons (Fsp3) is 0.333. The Morgan fingerprint density at radius 1 is 0.346 bits per heavy atom. The van der Waals surface area contributed by atoms with Crippen molar-refractivity contribution in [1.29, 1.82) is 0 Å². The van der Waals surface area contributed by atoms with Crippen LogP contribution in [0, 0.1) is 0 Å². The smallest absolute Gasteiger partial charge is 0.497 e. The maximum absolute atomic E-state index is 7.03. The summed E-state index contributed by atoms with van der Waals surface area (Å²) in [4.78, 5) is 0. The van der Waals surface area contributed by atoms with Gasteiger partial charge in [-0.05, 0) is 121 Å². The number of hydrogen-bond donors (Lipinski definition) is 0. The topological polar surface area (TPSA) is 55.4 Å². The van der Waals surface area contributed by atoms with E-state index >= 15 is 0 Å². The summed E-state index contributed by atoms with van der Waals surface area (Å²) in [5.74, 6) is 4.55. The van der Waals surface area contributed by atoms with Crippen molar-refractivity contribution in [3.05, 3.63) is 108 Å². The molecule has 0 heterocycles. The van der Waals surface area contributed by atoms with E-state index in [2.05, 4.69) is 135 Å². The van der Waals surface area contributed by atoms with Gasteiger partial charge in [-0.15, -0.1) is 0 Å². The van der Waals surface area contributed by atoms with Gasteiger partial charge in [0.15, 0.2) is 0 Å². The first-order chi connectivity index (χ1) is 24.5. The third kappa shape index (κ3) is 7.88. The van der Waals surface area contributed by atoms with Gasteiger partial charge in [-0.3, -0.25) is 0 Å². The first kappa shape index (κ1) is 37.1. The number of methoxy groups -OCH3 is 3. The molecule has 0 saturated carbocycles. The van der Waals surface area contributed by atoms with Crippen LogP contribution in [-0.4, -0.2) is 21.3 Å². The van der Waals surface area contributed by atoms with Gasteiger partial charge in [-0.2, -0.15) is 0 Å². The lowest BCUT2D eigenvalue weighted by atomic mass is 9.85. The average Bonchev–Trinajstić information content (AvgIpc) is 3.08. The largest absolute Gasteiger partial charge is 0.530 e. The maximum Gasteiger partial charge on any atom is 0.530 e. The molecule has 6 rings (SSSR count). The maximum atomic E-state index is 7.03. The van der Waals surface area contributed by atoms with Crippen LogP contribution in [0.25, 0.3) is 32.3 Å². The molecule has 6 aromatic carbocycles. The predicted molar refractivity (Wildman–Crippen MR) is 216 cm³/mol. The highest BCUT2D eigenvalue weighted by atomic mass is 31.2. The van der Waals surface area contributed by atoms with Crippen LogP contribution < -0.4 is 27.8 Å². The van der Waals surface area contributed by atoms with Gasteiger partial charge in [0.1, 0.15) is 34.5 Å². The molecule has 0 fully saturated rings. The highest BCUT2D eigenvalue weighted by molar-refractivity contribution is 7.43. The summed E-state index contributed by atoms with van der Waals surface area (Å²) in [6.07, 6.45) is 0. The van der Waals surface area contributed by atoms with Gasteiger partial charge < -0.3 is 27.8 Å². The zero-order valence-electron chi connectivity index (χ0n) is 32.6. The molecule has 272 valence electrons. The Balaban J connectivity index is 1.54. The third-order valence-corrected chi connectivity index (χ3v) is 10.4. The van der Waals surface area contributed by atoms with Gasteiger partial charge in [-0.1, -0.05) is 80.5 Å². The van der Waals surface area contributed by atoms with E-state index in [0.717, 1.165) is 66.3 Å². The minimum absolute atomic E-state index is 0.245. The molecule has 0 aromatic heterocycles. The molecule has 0 radical (unpaired) electrons. The minimum atomic E-state index is -2.05. The summed E-state index contributed by atoms with van der Waals surface area (Å²) in [7, 11) is 3.02. The third-order valence-electron chi connectivity index (χ3n) is 9.38. The summed E-state index contributed by atoms with van der Waals surface area (Å²) in [6, 6.07) is 31.1. The fourth-order valence-corrected chi connectivity index (χ4v) is 7.47. The van der Waals surface area contributed by atoms with Gasteiger partial charge in [0.2, 0.25) is 0 Å². The average molecular weight is 719 g/mol. The van der Waals surface area contributed by atoms with Gasteiger partial charge >= 0.3 is 8.60 Å². The lowest BCUT2D eigenvalue weighted by Gasteiger charge is -2.29. The molecule has 0 bridgehead atoms. The van der Waals surface area contributed by atoms with Crippen molar-refractivity contribution in [2.45, 2.75) is 78.6 Å². The molecule has 0 N–H and O–H groups in total. The summed E-state index contributed by atoms with van der Waals surface area (Å²) in [5.41, 5.74) is 2.38. The molecule has 0 saturated heterocycles. The van der Waals surface area contributed by atoms with Crippen molar-refractivity contribution in [2.75, 3.05) is 21.3 Å². The van der Waals surface area contributed by atoms with Gasteiger partial charge in [0, 0.05) is 16.7 Å². The highest BCUT2D eigenvalue weighted by Gasteiger charge is 2.31. The standard InChI is InChI=1S/C45H51O6P/c1-43(2,3)37-22-31-19-34(46-10)16-13-28(31)25-40(37)49-52(50-41-26-29-14-17-35(47-11)20-32(29)23-38(41)44(4,5)6)51-42-27-30-15-18-36(48-12)21-33(30)24-39(42)45(7,8)9/h13-27H,1-12H3. The van der Waals surface area contributed by atoms with E-state index in [9.17, 15) is 0 Å². The van der Waals surface area contributed by atoms with Crippen molar-refractivity contribution < 1.29 is 27.8 Å². The molecule has 0 aliphatic heterocycles. The van der Waals surface area contributed by atoms with Crippen molar-refractivity contribution in [1.82, 2.24) is 0 Å². The zero-order chi connectivity index (χ0) is 37.6. The predicted octanol–water partition coefficient (Wildman–Crippen LogP) is 12.8. The monoisotopic (exact) mass is 718 g/mol. The molecule has 6 aromatic rings. The first-order valence-corrected chi connectivity index (χ1v) is 18.8. The van der Waals surface area contributed by atoms with E-state index in [1.165, 1.54) is 0 Å². The molecule has 0 unspecified atom stereocenters. The Morgan fingerprint density at radius 3 is 0.846 bits per heavy atom. The molecular weight excluding hydrogens is 667 g/mol. The summed E-state index contributed by atoms with van der Waals surface area (Å²) in [5, 5.41) is 6.31. The second kappa shape index (κ2) is 14.0. The van der Waals surface area contributed by atoms with Crippen molar-refractivity contribution >= 4 is 40.9 Å². The molecule has 0 aliphatic carbocycles. The first-order valence-electron chi connectivity index (χ1n) is 17.7. The molecule has 0 spiro atoms. The number of rotatable bonds is 9. The Labute approximate surface area is 310 Å². The van der Waals surface area contributed by atoms with Gasteiger partial charge in [0.25, 0.3) is 0 Å². The van der Waals surface area contributed by atoms with E-state index in [0.29, 0.717) is 17.2 Å². The number of fused-ring (bicyclic) bond motifs is 3. The van der Waals surface area contributed by atoms with Gasteiger partial charge in [0.05, 0.1) is 21.3 Å². The number of hydrogen-bond acceptors (Lipinski definition) is 6. The van der Waals surface area contributed by atoms with E-state index < -0.39 is 8.60 Å². The molecule has 6 nitrogen and oxygen atoms in total. The van der Waals surface area contributed by atoms with Crippen LogP contribution in [0.5, 0.6) is 34.5 Å². The van der Waals surface area contributed by atoms with Crippen LogP contribution in [0.2, 0.25) is 0 Å². The lowest BCUT2D eigenvalue weighted by Crippen LogP contribution is -2.17. The van der Waals surface area contributed by atoms with Crippen LogP contribution in [0.4, 0.5) is 0 Å². The number of benzene rings is 6. The quantitative estimate of drug-likeness (QED) is 0.139. The fourth-order valence-electron chi connectivity index (χ4n) is 6.43. The van der Waals surface area contributed by atoms with Crippen LogP contribution >= 0.6 is 8.60 Å². The van der Waals surface area contributed by atoms with Crippen molar-refractivity contribution in [2.24, 2.45) is 0 Å². The second-order valence-electron chi connectivity index (χ2n) is 16.4. The van der Waals surface area contributed by atoms with Crippen molar-refractivity contribution in [3.63, 3.8) is 0 Å². The Bertz CT molecular complexity index is 2000. The Morgan fingerprint density at radius 2 is 0.615 bits per heavy atom. The van der Waals surface area contributed by atoms with E-state index in [-0.39, 0.29) is 16.2 Å². The molecular formula is C45H51O6P. The lowest BCUT2D eigenvalue weighted by molar-refractivity contribution is 0.373. The van der Waals surface area contributed by atoms with Crippen molar-refractivity contribution in [3.8, 4) is 34.5 Å².